The van der Waals surface area contributed by atoms with Crippen molar-refractivity contribution in [2.24, 2.45) is 0 Å². The summed E-state index contributed by atoms with van der Waals surface area (Å²) in [6.07, 6.45) is 2.69. The molecule has 0 fully saturated rings. The summed E-state index contributed by atoms with van der Waals surface area (Å²) in [5, 5.41) is 12.7. The third-order valence-electron chi connectivity index (χ3n) is 7.50. The van der Waals surface area contributed by atoms with Crippen LogP contribution < -0.4 is 14.4 Å². The van der Waals surface area contributed by atoms with Crippen LogP contribution in [0.2, 0.25) is 0 Å². The minimum atomic E-state index is -3.67. The molecule has 0 saturated carbocycles. The maximum Gasteiger partial charge on any atom is 0.255 e. The number of nitrogens with zero attached hydrogens (tertiary/aromatic N) is 3. The van der Waals surface area contributed by atoms with Crippen LogP contribution in [0.1, 0.15) is 15.9 Å². The largest absolute Gasteiger partial charge is 0.496 e. The smallest absolute Gasteiger partial charge is 0.255 e. The zero-order valence-electron chi connectivity index (χ0n) is 24.2. The zero-order valence-corrected chi connectivity index (χ0v) is 25.0. The SMILES string of the molecule is CNC(=O)c1c(-c2ccc(C)cc2)oc2cc(N(C)S(C)(=O)=O)c(-c3cnnc(-c4cc5c(OC)cccc5[nH]4)c3)cc12. The molecule has 0 bridgehead atoms. The normalized spacial score (nSPS) is 11.7. The quantitative estimate of drug-likeness (QED) is 0.239. The second-order valence-electron chi connectivity index (χ2n) is 10.3. The summed E-state index contributed by atoms with van der Waals surface area (Å²) in [5.41, 5.74) is 6.13. The average Bonchev–Trinajstić information content (AvgIpc) is 3.61. The van der Waals surface area contributed by atoms with Crippen LogP contribution in [-0.4, -0.2) is 57.0 Å². The number of furan rings is 1. The molecule has 0 atom stereocenters. The van der Waals surface area contributed by atoms with Gasteiger partial charge in [-0.3, -0.25) is 9.10 Å². The monoisotopic (exact) mass is 595 g/mol. The fourth-order valence-electron chi connectivity index (χ4n) is 5.15. The summed E-state index contributed by atoms with van der Waals surface area (Å²) >= 11 is 0. The van der Waals surface area contributed by atoms with Gasteiger partial charge in [-0.2, -0.15) is 5.10 Å². The van der Waals surface area contributed by atoms with Crippen LogP contribution in [0.15, 0.2) is 77.3 Å². The standard InChI is InChI=1S/C32H29N5O5S/c1-18-9-11-19(12-10-18)31-30(32(38)33-2)23-14-21(27(16-29(23)42-31)37(3)43(5,39)40)20-13-26(36-34-17-20)25-15-22-24(35-25)7-6-8-28(22)41-4/h6-17,35H,1-5H3,(H,33,38). The molecule has 218 valence electrons. The van der Waals surface area contributed by atoms with Crippen molar-refractivity contribution in [1.82, 2.24) is 20.5 Å². The van der Waals surface area contributed by atoms with Crippen LogP contribution in [-0.2, 0) is 10.0 Å². The Kier molecular flexibility index (Phi) is 6.89. The van der Waals surface area contributed by atoms with Gasteiger partial charge in [-0.25, -0.2) is 8.42 Å². The minimum Gasteiger partial charge on any atom is -0.496 e. The molecule has 0 saturated heterocycles. The Balaban J connectivity index is 1.59. The first kappa shape index (κ1) is 28.0. The van der Waals surface area contributed by atoms with E-state index in [-0.39, 0.29) is 5.91 Å². The number of hydrogen-bond acceptors (Lipinski definition) is 7. The van der Waals surface area contributed by atoms with Gasteiger partial charge in [-0.05, 0) is 37.3 Å². The van der Waals surface area contributed by atoms with Gasteiger partial charge in [0.1, 0.15) is 22.8 Å². The van der Waals surface area contributed by atoms with Crippen molar-refractivity contribution >= 4 is 43.5 Å². The molecule has 0 aliphatic rings. The number of methoxy groups -OCH3 is 1. The molecule has 2 N–H and O–H groups in total. The predicted molar refractivity (Wildman–Crippen MR) is 168 cm³/mol. The molecule has 0 aliphatic carbocycles. The lowest BCUT2D eigenvalue weighted by Gasteiger charge is -2.20. The lowest BCUT2D eigenvalue weighted by atomic mass is 9.98. The number of benzene rings is 3. The third-order valence-corrected chi connectivity index (χ3v) is 8.69. The molecule has 0 spiro atoms. The van der Waals surface area contributed by atoms with Crippen LogP contribution in [0.25, 0.3) is 55.7 Å². The van der Waals surface area contributed by atoms with Gasteiger partial charge in [0.25, 0.3) is 5.91 Å². The van der Waals surface area contributed by atoms with Crippen LogP contribution in [0.3, 0.4) is 0 Å². The van der Waals surface area contributed by atoms with Gasteiger partial charge in [0.2, 0.25) is 10.0 Å². The molecule has 43 heavy (non-hydrogen) atoms. The molecule has 0 aliphatic heterocycles. The van der Waals surface area contributed by atoms with E-state index >= 15 is 0 Å². The summed E-state index contributed by atoms with van der Waals surface area (Å²) in [6.45, 7) is 1.98. The Morgan fingerprint density at radius 1 is 1.02 bits per heavy atom. The van der Waals surface area contributed by atoms with E-state index in [1.807, 2.05) is 61.5 Å². The van der Waals surface area contributed by atoms with E-state index in [1.54, 1.807) is 32.5 Å². The Morgan fingerprint density at radius 2 is 1.79 bits per heavy atom. The van der Waals surface area contributed by atoms with Gasteiger partial charge in [0.15, 0.2) is 0 Å². The number of amides is 1. The highest BCUT2D eigenvalue weighted by atomic mass is 32.2. The Bertz CT molecular complexity index is 2130. The van der Waals surface area contributed by atoms with Gasteiger partial charge in [-0.1, -0.05) is 35.9 Å². The molecule has 3 aromatic heterocycles. The number of aromatic nitrogens is 3. The number of fused-ring (bicyclic) bond motifs is 2. The fourth-order valence-corrected chi connectivity index (χ4v) is 5.66. The van der Waals surface area contributed by atoms with Crippen LogP contribution in [0.4, 0.5) is 5.69 Å². The van der Waals surface area contributed by atoms with Crippen molar-refractivity contribution in [1.29, 1.82) is 0 Å². The Labute approximate surface area is 248 Å². The lowest BCUT2D eigenvalue weighted by molar-refractivity contribution is 0.0964. The first-order valence-electron chi connectivity index (χ1n) is 13.4. The first-order chi connectivity index (χ1) is 20.6. The molecular weight excluding hydrogens is 566 g/mol. The van der Waals surface area contributed by atoms with Gasteiger partial charge >= 0.3 is 0 Å². The molecule has 0 radical (unpaired) electrons. The Morgan fingerprint density at radius 3 is 2.49 bits per heavy atom. The van der Waals surface area contributed by atoms with Crippen molar-refractivity contribution in [3.05, 3.63) is 84.1 Å². The van der Waals surface area contributed by atoms with Gasteiger partial charge in [-0.15, -0.1) is 5.10 Å². The zero-order chi connectivity index (χ0) is 30.5. The summed E-state index contributed by atoms with van der Waals surface area (Å²) in [6, 6.07) is 20.5. The molecule has 11 heteroatoms. The van der Waals surface area contributed by atoms with Gasteiger partial charge in [0.05, 0.1) is 36.5 Å². The third kappa shape index (κ3) is 4.97. The van der Waals surface area contributed by atoms with E-state index in [0.717, 1.165) is 34.0 Å². The van der Waals surface area contributed by atoms with Crippen molar-refractivity contribution < 1.29 is 22.4 Å². The van der Waals surface area contributed by atoms with E-state index in [2.05, 4.69) is 20.5 Å². The summed E-state index contributed by atoms with van der Waals surface area (Å²) in [5.74, 6) is 0.780. The second-order valence-corrected chi connectivity index (χ2v) is 12.3. The number of aryl methyl sites for hydroxylation is 1. The molecule has 1 amide bonds. The molecular formula is C32H29N5O5S. The van der Waals surface area contributed by atoms with E-state index in [1.165, 1.54) is 11.4 Å². The second kappa shape index (κ2) is 10.6. The number of H-pyrrole nitrogens is 1. The Hall–Kier alpha value is -5.16. The molecule has 6 rings (SSSR count). The van der Waals surface area contributed by atoms with Crippen LogP contribution in [0.5, 0.6) is 5.75 Å². The number of anilines is 1. The van der Waals surface area contributed by atoms with Gasteiger partial charge < -0.3 is 19.5 Å². The maximum absolute atomic E-state index is 13.2. The number of ether oxygens (including phenoxy) is 1. The minimum absolute atomic E-state index is 0.329. The topological polar surface area (TPSA) is 130 Å². The fraction of sp³-hybridized carbons (Fsp3) is 0.156. The van der Waals surface area contributed by atoms with Crippen molar-refractivity contribution in [2.45, 2.75) is 6.92 Å². The number of carbonyl (C=O) groups is 1. The van der Waals surface area contributed by atoms with E-state index < -0.39 is 10.0 Å². The molecule has 3 heterocycles. The van der Waals surface area contributed by atoms with E-state index in [9.17, 15) is 13.2 Å². The number of rotatable bonds is 7. The highest BCUT2D eigenvalue weighted by Gasteiger charge is 2.26. The van der Waals surface area contributed by atoms with Crippen LogP contribution >= 0.6 is 0 Å². The van der Waals surface area contributed by atoms with Gasteiger partial charge in [0, 0.05) is 53.1 Å². The summed E-state index contributed by atoms with van der Waals surface area (Å²) in [4.78, 5) is 16.6. The van der Waals surface area contributed by atoms with Crippen molar-refractivity contribution in [3.8, 4) is 39.6 Å². The maximum atomic E-state index is 13.2. The summed E-state index contributed by atoms with van der Waals surface area (Å²) < 4.78 is 38.5. The molecule has 10 nitrogen and oxygen atoms in total. The number of sulfonamides is 1. The number of carbonyl (C=O) groups excluding carboxylic acids is 1. The molecule has 6 aromatic rings. The lowest BCUT2D eigenvalue weighted by Crippen LogP contribution is -2.25. The van der Waals surface area contributed by atoms with Crippen molar-refractivity contribution in [3.63, 3.8) is 0 Å². The highest BCUT2D eigenvalue weighted by molar-refractivity contribution is 7.92. The average molecular weight is 596 g/mol. The number of aromatic amines is 1. The highest BCUT2D eigenvalue weighted by Crippen LogP contribution is 2.42. The first-order valence-corrected chi connectivity index (χ1v) is 15.3. The van der Waals surface area contributed by atoms with E-state index in [0.29, 0.717) is 50.5 Å². The summed E-state index contributed by atoms with van der Waals surface area (Å²) in [7, 11) is 0.981. The number of hydrogen-bond donors (Lipinski definition) is 2. The molecule has 3 aromatic carbocycles. The molecule has 0 unspecified atom stereocenters. The number of nitrogens with one attached hydrogen (secondary N) is 2. The van der Waals surface area contributed by atoms with E-state index in [4.69, 9.17) is 9.15 Å². The predicted octanol–water partition coefficient (Wildman–Crippen LogP) is 5.78. The van der Waals surface area contributed by atoms with Crippen LogP contribution in [0, 0.1) is 6.92 Å². The van der Waals surface area contributed by atoms with Crippen molar-refractivity contribution in [2.75, 3.05) is 31.8 Å².